The molecule has 166 valence electrons. The summed E-state index contributed by atoms with van der Waals surface area (Å²) in [4.78, 5) is 23.8. The van der Waals surface area contributed by atoms with Crippen LogP contribution in [0.1, 0.15) is 84.0 Å². The lowest BCUT2D eigenvalue weighted by Crippen LogP contribution is -2.40. The monoisotopic (exact) mass is 416 g/mol. The van der Waals surface area contributed by atoms with Crippen LogP contribution < -0.4 is 0 Å². The molecule has 5 nitrogen and oxygen atoms in total. The number of allylic oxidation sites excluding steroid dienone is 2. The molecular formula is C25H36O5. The topological polar surface area (TPSA) is 61.8 Å². The number of rotatable bonds is 16. The van der Waals surface area contributed by atoms with E-state index in [4.69, 9.17) is 14.2 Å². The highest BCUT2D eigenvalue weighted by Gasteiger charge is 2.42. The minimum atomic E-state index is -0.865. The van der Waals surface area contributed by atoms with Crippen molar-refractivity contribution < 1.29 is 23.8 Å². The molecule has 1 fully saturated rings. The molecule has 1 aliphatic heterocycles. The number of ether oxygens (including phenoxy) is 3. The van der Waals surface area contributed by atoms with Crippen LogP contribution in [-0.4, -0.2) is 37.4 Å². The zero-order valence-electron chi connectivity index (χ0n) is 18.4. The number of cyclic esters (lactones) is 1. The normalized spacial score (nSPS) is 19.8. The minimum Gasteiger partial charge on any atom is -0.461 e. The van der Waals surface area contributed by atoms with Crippen LogP contribution >= 0.6 is 0 Å². The van der Waals surface area contributed by atoms with Crippen LogP contribution in [0.4, 0.5) is 0 Å². The highest BCUT2D eigenvalue weighted by atomic mass is 16.6. The molecular weight excluding hydrogens is 380 g/mol. The van der Waals surface area contributed by atoms with Gasteiger partial charge in [-0.15, -0.1) is 0 Å². The van der Waals surface area contributed by atoms with E-state index in [9.17, 15) is 9.59 Å². The summed E-state index contributed by atoms with van der Waals surface area (Å²) in [5, 5.41) is 0. The highest BCUT2D eigenvalue weighted by Crippen LogP contribution is 2.28. The summed E-state index contributed by atoms with van der Waals surface area (Å²) in [6, 6.07) is 0. The second kappa shape index (κ2) is 14.0. The van der Waals surface area contributed by atoms with Gasteiger partial charge >= 0.3 is 11.9 Å². The molecule has 0 amide bonds. The molecule has 0 aromatic heterocycles. The molecule has 0 saturated carbocycles. The van der Waals surface area contributed by atoms with Crippen LogP contribution in [-0.2, 0) is 23.8 Å². The molecule has 30 heavy (non-hydrogen) atoms. The summed E-state index contributed by atoms with van der Waals surface area (Å²) in [6.07, 6.45) is 17.6. The van der Waals surface area contributed by atoms with Crippen molar-refractivity contribution in [2.45, 2.75) is 89.6 Å². The molecule has 1 saturated heterocycles. The summed E-state index contributed by atoms with van der Waals surface area (Å²) < 4.78 is 16.7. The van der Waals surface area contributed by atoms with Crippen molar-refractivity contribution in [3.05, 3.63) is 35.3 Å². The van der Waals surface area contributed by atoms with Crippen LogP contribution in [0.15, 0.2) is 35.3 Å². The van der Waals surface area contributed by atoms with Gasteiger partial charge in [-0.1, -0.05) is 69.8 Å². The van der Waals surface area contributed by atoms with E-state index in [1.54, 1.807) is 12.2 Å². The Labute approximate surface area is 180 Å². The smallest absolute Gasteiger partial charge is 0.306 e. The zero-order valence-corrected chi connectivity index (χ0v) is 18.4. The number of hydrogen-bond acceptors (Lipinski definition) is 5. The van der Waals surface area contributed by atoms with Gasteiger partial charge < -0.3 is 14.2 Å². The minimum absolute atomic E-state index is 0.0592. The van der Waals surface area contributed by atoms with E-state index >= 15 is 0 Å². The van der Waals surface area contributed by atoms with Crippen LogP contribution in [0.3, 0.4) is 0 Å². The number of carbonyl (C=O) groups excluding carboxylic acids is 2. The highest BCUT2D eigenvalue weighted by molar-refractivity contribution is 5.72. The van der Waals surface area contributed by atoms with E-state index in [0.717, 1.165) is 18.4 Å². The van der Waals surface area contributed by atoms with Gasteiger partial charge in [-0.05, 0) is 30.2 Å². The standard InChI is InChI=1S/C25H36O5/c1-2-3-4-5-6-7-8-9-13-16-23(26)29-21-25(18-17-24(27)30-25)20-28-19-22-14-11-10-12-15-22/h11,14-15H,2-9,13,16-21H2,1H3. The molecule has 2 aliphatic rings. The van der Waals surface area contributed by atoms with Crippen molar-refractivity contribution in [1.29, 1.82) is 0 Å². The average Bonchev–Trinajstić information content (AvgIpc) is 3.13. The largest absolute Gasteiger partial charge is 0.461 e. The SMILES string of the molecule is CCCCCCCCCCCC(=O)OCC1(COCC2=CC=C=C=C2)CCC(=O)O1. The molecule has 0 radical (unpaired) electrons. The van der Waals surface area contributed by atoms with Gasteiger partial charge in [-0.3, -0.25) is 9.59 Å². The Morgan fingerprint density at radius 1 is 1.07 bits per heavy atom. The molecule has 1 heterocycles. The summed E-state index contributed by atoms with van der Waals surface area (Å²) >= 11 is 0. The fourth-order valence-corrected chi connectivity index (χ4v) is 3.61. The van der Waals surface area contributed by atoms with Gasteiger partial charge in [-0.2, -0.15) is 0 Å². The second-order valence-electron chi connectivity index (χ2n) is 8.23. The third kappa shape index (κ3) is 9.63. The Morgan fingerprint density at radius 2 is 1.80 bits per heavy atom. The summed E-state index contributed by atoms with van der Waals surface area (Å²) in [7, 11) is 0. The van der Waals surface area contributed by atoms with Gasteiger partial charge in [-0.25, -0.2) is 0 Å². The molecule has 1 unspecified atom stereocenters. The van der Waals surface area contributed by atoms with E-state index in [1.165, 1.54) is 44.9 Å². The first kappa shape index (κ1) is 24.2. The van der Waals surface area contributed by atoms with E-state index < -0.39 is 5.60 Å². The number of unbranched alkanes of at least 4 members (excludes halogenated alkanes) is 8. The van der Waals surface area contributed by atoms with Crippen LogP contribution in [0, 0.1) is 0 Å². The molecule has 1 atom stereocenters. The van der Waals surface area contributed by atoms with Crippen LogP contribution in [0.2, 0.25) is 0 Å². The van der Waals surface area contributed by atoms with E-state index in [1.807, 2.05) is 6.08 Å². The lowest BCUT2D eigenvalue weighted by Gasteiger charge is -2.27. The zero-order chi connectivity index (χ0) is 21.5. The lowest BCUT2D eigenvalue weighted by atomic mass is 10.0. The Balaban J connectivity index is 1.59. The predicted octanol–water partition coefficient (Wildman–Crippen LogP) is 5.35. The Hall–Kier alpha value is -2.06. The second-order valence-corrected chi connectivity index (χ2v) is 8.23. The van der Waals surface area contributed by atoms with Crippen molar-refractivity contribution in [2.75, 3.05) is 19.8 Å². The fraction of sp³-hybridized carbons (Fsp3) is 0.680. The van der Waals surface area contributed by atoms with Crippen LogP contribution in [0.25, 0.3) is 0 Å². The Kier molecular flexibility index (Phi) is 11.3. The van der Waals surface area contributed by atoms with Gasteiger partial charge in [0.05, 0.1) is 13.2 Å². The van der Waals surface area contributed by atoms with Gasteiger partial charge in [0.1, 0.15) is 6.61 Å². The van der Waals surface area contributed by atoms with E-state index in [0.29, 0.717) is 25.9 Å². The molecule has 0 spiro atoms. The molecule has 0 aromatic carbocycles. The van der Waals surface area contributed by atoms with Crippen molar-refractivity contribution in [3.8, 4) is 0 Å². The Morgan fingerprint density at radius 3 is 2.43 bits per heavy atom. The first-order chi connectivity index (χ1) is 14.6. The van der Waals surface area contributed by atoms with Gasteiger partial charge in [0.25, 0.3) is 0 Å². The van der Waals surface area contributed by atoms with Gasteiger partial charge in [0, 0.05) is 19.3 Å². The third-order valence-electron chi connectivity index (χ3n) is 5.45. The summed E-state index contributed by atoms with van der Waals surface area (Å²) in [5.41, 5.74) is 5.82. The maximum absolute atomic E-state index is 12.1. The lowest BCUT2D eigenvalue weighted by molar-refractivity contribution is -0.168. The third-order valence-corrected chi connectivity index (χ3v) is 5.45. The molecule has 5 heteroatoms. The van der Waals surface area contributed by atoms with Crippen LogP contribution in [0.5, 0.6) is 0 Å². The average molecular weight is 417 g/mol. The van der Waals surface area contributed by atoms with Gasteiger partial charge in [0.15, 0.2) is 5.60 Å². The van der Waals surface area contributed by atoms with E-state index in [2.05, 4.69) is 18.4 Å². The predicted molar refractivity (Wildman–Crippen MR) is 116 cm³/mol. The number of carbonyl (C=O) groups is 2. The summed E-state index contributed by atoms with van der Waals surface area (Å²) in [6.45, 7) is 2.89. The fourth-order valence-electron chi connectivity index (χ4n) is 3.61. The molecule has 1 aliphatic carbocycles. The first-order valence-corrected chi connectivity index (χ1v) is 11.5. The van der Waals surface area contributed by atoms with Gasteiger partial charge in [0.2, 0.25) is 0 Å². The van der Waals surface area contributed by atoms with E-state index in [-0.39, 0.29) is 25.2 Å². The maximum atomic E-state index is 12.1. The quantitative estimate of drug-likeness (QED) is 0.193. The molecule has 0 N–H and O–H groups in total. The Bertz CT molecular complexity index is 680. The van der Waals surface area contributed by atoms with Crippen molar-refractivity contribution >= 4 is 11.9 Å². The number of esters is 2. The molecule has 0 bridgehead atoms. The van der Waals surface area contributed by atoms with Crippen molar-refractivity contribution in [3.63, 3.8) is 0 Å². The molecule has 2 rings (SSSR count). The van der Waals surface area contributed by atoms with Crippen molar-refractivity contribution in [1.82, 2.24) is 0 Å². The van der Waals surface area contributed by atoms with Crippen molar-refractivity contribution in [2.24, 2.45) is 0 Å². The number of hydrogen-bond donors (Lipinski definition) is 0. The first-order valence-electron chi connectivity index (χ1n) is 11.5. The maximum Gasteiger partial charge on any atom is 0.306 e. The summed E-state index contributed by atoms with van der Waals surface area (Å²) in [5.74, 6) is -0.496. The molecule has 0 aromatic rings.